The molecule has 0 aliphatic rings. The summed E-state index contributed by atoms with van der Waals surface area (Å²) < 4.78 is 5.05. The zero-order chi connectivity index (χ0) is 14.0. The third-order valence-electron chi connectivity index (χ3n) is 1.98. The molecule has 18 heavy (non-hydrogen) atoms. The van der Waals surface area contributed by atoms with Crippen LogP contribution >= 0.6 is 0 Å². The first-order valence-electron chi connectivity index (χ1n) is 4.89. The molecular formula is C10H11NO7. The minimum Gasteiger partial charge on any atom is -0.507 e. The Hall–Kier alpha value is -2.51. The van der Waals surface area contributed by atoms with E-state index >= 15 is 0 Å². The molecule has 3 N–H and O–H groups in total. The number of hydrogen-bond donors (Lipinski definition) is 3. The maximum absolute atomic E-state index is 10.8. The lowest BCUT2D eigenvalue weighted by molar-refractivity contribution is -0.387. The summed E-state index contributed by atoms with van der Waals surface area (Å²) in [6, 6.07) is 0.793. The molecule has 1 rings (SSSR count). The number of carboxylic acids is 1. The van der Waals surface area contributed by atoms with E-state index in [0.29, 0.717) is 0 Å². The van der Waals surface area contributed by atoms with Gasteiger partial charge in [-0.25, -0.2) is 4.79 Å². The lowest BCUT2D eigenvalue weighted by Gasteiger charge is -2.12. The summed E-state index contributed by atoms with van der Waals surface area (Å²) in [5.41, 5.74) is -1.82. The van der Waals surface area contributed by atoms with Crippen LogP contribution in [-0.2, 0) is 0 Å². The third-order valence-corrected chi connectivity index (χ3v) is 1.98. The van der Waals surface area contributed by atoms with Gasteiger partial charge in [0.1, 0.15) is 5.75 Å². The van der Waals surface area contributed by atoms with Crippen LogP contribution in [0, 0.1) is 10.1 Å². The number of rotatable bonds is 4. The van der Waals surface area contributed by atoms with E-state index in [1.807, 2.05) is 0 Å². The van der Waals surface area contributed by atoms with Gasteiger partial charge in [0.15, 0.2) is 5.56 Å². The Balaban J connectivity index is 3.55. The van der Waals surface area contributed by atoms with Gasteiger partial charge >= 0.3 is 11.7 Å². The van der Waals surface area contributed by atoms with Crippen molar-refractivity contribution in [2.45, 2.75) is 20.0 Å². The number of nitro groups is 1. The van der Waals surface area contributed by atoms with E-state index in [2.05, 4.69) is 0 Å². The van der Waals surface area contributed by atoms with Gasteiger partial charge in [0.05, 0.1) is 11.0 Å². The number of aromatic hydroxyl groups is 2. The van der Waals surface area contributed by atoms with Crippen LogP contribution in [-0.4, -0.2) is 32.3 Å². The summed E-state index contributed by atoms with van der Waals surface area (Å²) in [6.45, 7) is 3.17. The number of phenols is 2. The molecule has 98 valence electrons. The number of hydrogen-bond acceptors (Lipinski definition) is 6. The number of nitro benzene ring substituents is 1. The molecule has 0 atom stereocenters. The van der Waals surface area contributed by atoms with Gasteiger partial charge in [-0.2, -0.15) is 0 Å². The van der Waals surface area contributed by atoms with Crippen molar-refractivity contribution >= 4 is 11.7 Å². The van der Waals surface area contributed by atoms with Gasteiger partial charge in [-0.1, -0.05) is 0 Å². The second-order valence-electron chi connectivity index (χ2n) is 3.69. The fourth-order valence-electron chi connectivity index (χ4n) is 1.35. The van der Waals surface area contributed by atoms with Crippen LogP contribution in [0.1, 0.15) is 24.2 Å². The van der Waals surface area contributed by atoms with E-state index < -0.39 is 45.5 Å². The summed E-state index contributed by atoms with van der Waals surface area (Å²) in [5, 5.41) is 38.5. The number of carboxylic acid groups (broad SMARTS) is 1. The molecule has 0 saturated carbocycles. The second kappa shape index (κ2) is 4.78. The molecule has 0 bridgehead atoms. The molecule has 0 heterocycles. The number of ether oxygens (including phenoxy) is 1. The van der Waals surface area contributed by atoms with Crippen molar-refractivity contribution in [3.63, 3.8) is 0 Å². The van der Waals surface area contributed by atoms with Crippen molar-refractivity contribution < 1.29 is 29.8 Å². The van der Waals surface area contributed by atoms with Crippen LogP contribution in [0.4, 0.5) is 5.69 Å². The second-order valence-corrected chi connectivity index (χ2v) is 3.69. The van der Waals surface area contributed by atoms with Crippen molar-refractivity contribution in [3.8, 4) is 17.2 Å². The smallest absolute Gasteiger partial charge is 0.353 e. The molecule has 0 aromatic heterocycles. The SMILES string of the molecule is CC(C)Oc1cc(O)c(C(=O)O)c(O)c1[N+](=O)[O-]. The maximum Gasteiger partial charge on any atom is 0.353 e. The molecule has 0 spiro atoms. The van der Waals surface area contributed by atoms with E-state index in [-0.39, 0.29) is 0 Å². The van der Waals surface area contributed by atoms with Crippen molar-refractivity contribution in [3.05, 3.63) is 21.7 Å². The minimum absolute atomic E-state index is 0.394. The molecular weight excluding hydrogens is 246 g/mol. The first-order chi connectivity index (χ1) is 8.25. The number of nitrogens with zero attached hydrogens (tertiary/aromatic N) is 1. The van der Waals surface area contributed by atoms with Crippen LogP contribution in [0.5, 0.6) is 17.2 Å². The van der Waals surface area contributed by atoms with Gasteiger partial charge in [0.25, 0.3) is 0 Å². The quantitative estimate of drug-likeness (QED) is 0.550. The highest BCUT2D eigenvalue weighted by Crippen LogP contribution is 2.43. The van der Waals surface area contributed by atoms with Gasteiger partial charge in [-0.05, 0) is 13.8 Å². The number of aromatic carboxylic acids is 1. The van der Waals surface area contributed by atoms with Crippen molar-refractivity contribution in [1.82, 2.24) is 0 Å². The van der Waals surface area contributed by atoms with Crippen molar-refractivity contribution in [1.29, 1.82) is 0 Å². The molecule has 0 fully saturated rings. The molecule has 8 nitrogen and oxygen atoms in total. The molecule has 1 aromatic rings. The number of carbonyl (C=O) groups is 1. The molecule has 0 aliphatic carbocycles. The first kappa shape index (κ1) is 13.6. The Morgan fingerprint density at radius 1 is 1.44 bits per heavy atom. The molecule has 1 aromatic carbocycles. The first-order valence-corrected chi connectivity index (χ1v) is 4.89. The zero-order valence-electron chi connectivity index (χ0n) is 9.58. The van der Waals surface area contributed by atoms with E-state index in [0.717, 1.165) is 6.07 Å². The van der Waals surface area contributed by atoms with E-state index in [9.17, 15) is 25.1 Å². The Bertz CT molecular complexity index is 509. The van der Waals surface area contributed by atoms with Gasteiger partial charge in [-0.3, -0.25) is 10.1 Å². The van der Waals surface area contributed by atoms with Crippen LogP contribution < -0.4 is 4.74 Å². The summed E-state index contributed by atoms with van der Waals surface area (Å²) >= 11 is 0. The molecule has 0 aliphatic heterocycles. The highest BCUT2D eigenvalue weighted by atomic mass is 16.6. The largest absolute Gasteiger partial charge is 0.507 e. The summed E-state index contributed by atoms with van der Waals surface area (Å²) in [6.07, 6.45) is -0.446. The highest BCUT2D eigenvalue weighted by Gasteiger charge is 2.31. The maximum atomic E-state index is 10.8. The fraction of sp³-hybridized carbons (Fsp3) is 0.300. The van der Waals surface area contributed by atoms with E-state index in [4.69, 9.17) is 9.84 Å². The Kier molecular flexibility index (Phi) is 3.60. The molecule has 0 amide bonds. The van der Waals surface area contributed by atoms with Gasteiger partial charge < -0.3 is 20.1 Å². The molecule has 8 heteroatoms. The standard InChI is InChI=1S/C10H11NO7/c1-4(2)18-6-3-5(12)7(10(14)15)9(13)8(6)11(16)17/h3-4,12-13H,1-2H3,(H,14,15). The monoisotopic (exact) mass is 257 g/mol. The predicted molar refractivity (Wildman–Crippen MR) is 59.1 cm³/mol. The summed E-state index contributed by atoms with van der Waals surface area (Å²) in [4.78, 5) is 20.6. The molecule has 0 saturated heterocycles. The number of benzene rings is 1. The summed E-state index contributed by atoms with van der Waals surface area (Å²) in [5.74, 6) is -4.01. The van der Waals surface area contributed by atoms with Crippen molar-refractivity contribution in [2.24, 2.45) is 0 Å². The average Bonchev–Trinajstić information content (AvgIpc) is 2.13. The third kappa shape index (κ3) is 2.42. The van der Waals surface area contributed by atoms with Gasteiger partial charge in [0.2, 0.25) is 11.5 Å². The minimum atomic E-state index is -1.68. The van der Waals surface area contributed by atoms with Gasteiger partial charge in [-0.15, -0.1) is 0 Å². The summed E-state index contributed by atoms with van der Waals surface area (Å²) in [7, 11) is 0. The lowest BCUT2D eigenvalue weighted by atomic mass is 10.1. The van der Waals surface area contributed by atoms with Crippen LogP contribution in [0.3, 0.4) is 0 Å². The van der Waals surface area contributed by atoms with Crippen LogP contribution in [0.25, 0.3) is 0 Å². The highest BCUT2D eigenvalue weighted by molar-refractivity contribution is 5.96. The topological polar surface area (TPSA) is 130 Å². The van der Waals surface area contributed by atoms with Crippen LogP contribution in [0.2, 0.25) is 0 Å². The van der Waals surface area contributed by atoms with Crippen molar-refractivity contribution in [2.75, 3.05) is 0 Å². The normalized spacial score (nSPS) is 10.4. The Morgan fingerprint density at radius 3 is 2.39 bits per heavy atom. The predicted octanol–water partition coefficient (Wildman–Crippen LogP) is 1.49. The van der Waals surface area contributed by atoms with E-state index in [1.54, 1.807) is 13.8 Å². The molecule has 0 radical (unpaired) electrons. The van der Waals surface area contributed by atoms with Crippen LogP contribution in [0.15, 0.2) is 6.07 Å². The van der Waals surface area contributed by atoms with E-state index in [1.165, 1.54) is 0 Å². The Labute approximate surface area is 101 Å². The zero-order valence-corrected chi connectivity index (χ0v) is 9.58. The Morgan fingerprint density at radius 2 is 2.00 bits per heavy atom. The molecule has 0 unspecified atom stereocenters. The fourth-order valence-corrected chi connectivity index (χ4v) is 1.35. The lowest BCUT2D eigenvalue weighted by Crippen LogP contribution is -2.09. The van der Waals surface area contributed by atoms with Gasteiger partial charge in [0, 0.05) is 6.07 Å². The average molecular weight is 257 g/mol.